The number of carbonyl (C=O) groups is 1. The second kappa shape index (κ2) is 7.15. The lowest BCUT2D eigenvalue weighted by Gasteiger charge is -2.19. The van der Waals surface area contributed by atoms with Crippen LogP contribution in [0.4, 0.5) is 15.0 Å². The Balaban J connectivity index is 1.95. The minimum absolute atomic E-state index is 0.0225. The molecule has 1 saturated heterocycles. The largest absolute Gasteiger partial charge is 0.444 e. The van der Waals surface area contributed by atoms with E-state index >= 15 is 0 Å². The number of imidazole rings is 1. The second-order valence-electron chi connectivity index (χ2n) is 6.97. The fourth-order valence-corrected chi connectivity index (χ4v) is 2.81. The van der Waals surface area contributed by atoms with Gasteiger partial charge in [0.25, 0.3) is 0 Å². The third-order valence-corrected chi connectivity index (χ3v) is 3.93. The second-order valence-corrected chi connectivity index (χ2v) is 7.31. The quantitative estimate of drug-likeness (QED) is 0.655. The van der Waals surface area contributed by atoms with E-state index in [1.54, 1.807) is 20.8 Å². The molecule has 2 aromatic rings. The standard InChI is InChI=1S/C15H19ClFN5O5/c1-15(2,3)27-14(25)20-10-8-11(21-13(16)19-10)22(5-18-8)12-7(17)9(24)6(4-23)26-12/h5-7,9,12,23-24H,4H2,1-3H3,(H,19,20,21,25)/t6-,7?,9+,12-/m1/s1. The van der Waals surface area contributed by atoms with Gasteiger partial charge in [-0.25, -0.2) is 14.2 Å². The van der Waals surface area contributed by atoms with Crippen LogP contribution in [0.5, 0.6) is 0 Å². The molecule has 2 aromatic heterocycles. The molecule has 3 rings (SSSR count). The van der Waals surface area contributed by atoms with E-state index < -0.39 is 42.9 Å². The summed E-state index contributed by atoms with van der Waals surface area (Å²) in [7, 11) is 0. The molecule has 27 heavy (non-hydrogen) atoms. The number of rotatable bonds is 3. The van der Waals surface area contributed by atoms with Crippen LogP contribution in [-0.4, -0.2) is 66.4 Å². The van der Waals surface area contributed by atoms with Crippen molar-refractivity contribution in [2.24, 2.45) is 0 Å². The van der Waals surface area contributed by atoms with E-state index in [1.807, 2.05) is 0 Å². The molecule has 12 heteroatoms. The smallest absolute Gasteiger partial charge is 0.413 e. The number of alkyl halides is 1. The molecule has 4 atom stereocenters. The summed E-state index contributed by atoms with van der Waals surface area (Å²) in [6.07, 6.45) is -5.24. The number of aromatic nitrogens is 4. The lowest BCUT2D eigenvalue weighted by Crippen LogP contribution is -2.30. The van der Waals surface area contributed by atoms with E-state index in [2.05, 4.69) is 20.3 Å². The van der Waals surface area contributed by atoms with Crippen molar-refractivity contribution in [3.05, 3.63) is 11.6 Å². The van der Waals surface area contributed by atoms with Crippen LogP contribution < -0.4 is 5.32 Å². The summed E-state index contributed by atoms with van der Waals surface area (Å²) in [4.78, 5) is 24.0. The fraction of sp³-hybridized carbons (Fsp3) is 0.600. The van der Waals surface area contributed by atoms with Crippen molar-refractivity contribution in [2.45, 2.75) is 51.0 Å². The zero-order chi connectivity index (χ0) is 19.9. The van der Waals surface area contributed by atoms with Crippen LogP contribution in [0.25, 0.3) is 11.2 Å². The van der Waals surface area contributed by atoms with Crippen LogP contribution in [-0.2, 0) is 9.47 Å². The zero-order valence-corrected chi connectivity index (χ0v) is 15.5. The van der Waals surface area contributed by atoms with E-state index in [1.165, 1.54) is 10.9 Å². The predicted octanol–water partition coefficient (Wildman–Crippen LogP) is 1.42. The minimum Gasteiger partial charge on any atom is -0.444 e. The van der Waals surface area contributed by atoms with Crippen molar-refractivity contribution < 1.29 is 28.9 Å². The molecule has 0 aliphatic carbocycles. The summed E-state index contributed by atoms with van der Waals surface area (Å²) < 4.78 is 26.1. The number of hydrogen-bond donors (Lipinski definition) is 3. The van der Waals surface area contributed by atoms with E-state index in [4.69, 9.17) is 21.1 Å². The van der Waals surface area contributed by atoms with E-state index in [0.29, 0.717) is 0 Å². The number of halogens is 2. The Kier molecular flexibility index (Phi) is 5.21. The van der Waals surface area contributed by atoms with Crippen LogP contribution in [0, 0.1) is 0 Å². The Morgan fingerprint density at radius 2 is 2.19 bits per heavy atom. The number of hydrogen-bond acceptors (Lipinski definition) is 8. The molecular formula is C15H19ClFN5O5. The van der Waals surface area contributed by atoms with Gasteiger partial charge in [0.1, 0.15) is 17.8 Å². The third kappa shape index (κ3) is 3.95. The molecule has 3 heterocycles. The summed E-state index contributed by atoms with van der Waals surface area (Å²) in [6.45, 7) is 4.55. The Morgan fingerprint density at radius 1 is 1.48 bits per heavy atom. The monoisotopic (exact) mass is 403 g/mol. The van der Waals surface area contributed by atoms with E-state index in [9.17, 15) is 19.4 Å². The van der Waals surface area contributed by atoms with Crippen molar-refractivity contribution in [2.75, 3.05) is 11.9 Å². The molecule has 0 spiro atoms. The lowest BCUT2D eigenvalue weighted by atomic mass is 10.1. The number of ether oxygens (including phenoxy) is 2. The molecule has 1 aliphatic rings. The number of fused-ring (bicyclic) bond motifs is 1. The van der Waals surface area contributed by atoms with E-state index in [-0.39, 0.29) is 22.3 Å². The van der Waals surface area contributed by atoms with Gasteiger partial charge < -0.3 is 19.7 Å². The van der Waals surface area contributed by atoms with Gasteiger partial charge >= 0.3 is 6.09 Å². The number of aliphatic hydroxyl groups is 2. The maximum atomic E-state index is 14.4. The highest BCUT2D eigenvalue weighted by molar-refractivity contribution is 6.28. The van der Waals surface area contributed by atoms with Crippen molar-refractivity contribution in [3.63, 3.8) is 0 Å². The average molecular weight is 404 g/mol. The molecule has 0 radical (unpaired) electrons. The Morgan fingerprint density at radius 3 is 2.78 bits per heavy atom. The first-order valence-electron chi connectivity index (χ1n) is 8.09. The van der Waals surface area contributed by atoms with Gasteiger partial charge in [-0.1, -0.05) is 0 Å². The van der Waals surface area contributed by atoms with Gasteiger partial charge in [-0.3, -0.25) is 9.88 Å². The Labute approximate surface area is 158 Å². The zero-order valence-electron chi connectivity index (χ0n) is 14.8. The Hall–Kier alpha value is -2.08. The van der Waals surface area contributed by atoms with Gasteiger partial charge in [-0.15, -0.1) is 0 Å². The van der Waals surface area contributed by atoms with Crippen LogP contribution in [0.15, 0.2) is 6.33 Å². The number of aliphatic hydroxyl groups excluding tert-OH is 2. The first kappa shape index (κ1) is 19.7. The van der Waals surface area contributed by atoms with Crippen molar-refractivity contribution in [1.29, 1.82) is 0 Å². The van der Waals surface area contributed by atoms with Gasteiger partial charge in [0, 0.05) is 0 Å². The molecule has 0 aromatic carbocycles. The van der Waals surface area contributed by atoms with Crippen LogP contribution in [0.3, 0.4) is 0 Å². The van der Waals surface area contributed by atoms with Crippen LogP contribution in [0.2, 0.25) is 5.28 Å². The molecule has 0 bridgehead atoms. The lowest BCUT2D eigenvalue weighted by molar-refractivity contribution is -0.0459. The number of anilines is 1. The van der Waals surface area contributed by atoms with Crippen molar-refractivity contribution >= 4 is 34.7 Å². The van der Waals surface area contributed by atoms with Gasteiger partial charge in [0.05, 0.1) is 12.9 Å². The summed E-state index contributed by atoms with van der Waals surface area (Å²) in [6, 6.07) is 0. The molecule has 3 N–H and O–H groups in total. The number of carbonyl (C=O) groups excluding carboxylic acids is 1. The maximum absolute atomic E-state index is 14.4. The first-order chi connectivity index (χ1) is 12.6. The number of nitrogens with zero attached hydrogens (tertiary/aromatic N) is 4. The topological polar surface area (TPSA) is 132 Å². The minimum atomic E-state index is -1.82. The average Bonchev–Trinajstić information content (AvgIpc) is 3.08. The molecule has 1 aliphatic heterocycles. The van der Waals surface area contributed by atoms with Gasteiger partial charge in [0.15, 0.2) is 29.4 Å². The van der Waals surface area contributed by atoms with Crippen molar-refractivity contribution in [3.8, 4) is 0 Å². The third-order valence-electron chi connectivity index (χ3n) is 3.76. The van der Waals surface area contributed by atoms with Crippen molar-refractivity contribution in [1.82, 2.24) is 19.5 Å². The highest BCUT2D eigenvalue weighted by Crippen LogP contribution is 2.34. The van der Waals surface area contributed by atoms with Crippen LogP contribution >= 0.6 is 11.6 Å². The summed E-state index contributed by atoms with van der Waals surface area (Å²) in [5.74, 6) is -0.0225. The van der Waals surface area contributed by atoms with Crippen LogP contribution in [0.1, 0.15) is 27.0 Å². The summed E-state index contributed by atoms with van der Waals surface area (Å²) >= 11 is 5.92. The molecule has 10 nitrogen and oxygen atoms in total. The summed E-state index contributed by atoms with van der Waals surface area (Å²) in [5, 5.41) is 21.2. The number of nitrogens with one attached hydrogen (secondary N) is 1. The molecular weight excluding hydrogens is 385 g/mol. The van der Waals surface area contributed by atoms with Gasteiger partial charge in [-0.2, -0.15) is 9.97 Å². The SMILES string of the molecule is CC(C)(C)OC(=O)Nc1nc(Cl)nc2c1ncn2[C@@H]1O[C@H](CO)[C@H](O)C1F. The molecule has 0 saturated carbocycles. The van der Waals surface area contributed by atoms with E-state index in [0.717, 1.165) is 0 Å². The number of amides is 1. The highest BCUT2D eigenvalue weighted by Gasteiger charge is 2.45. The molecule has 1 unspecified atom stereocenters. The molecule has 1 fully saturated rings. The summed E-state index contributed by atoms with van der Waals surface area (Å²) in [5.41, 5.74) is -0.518. The predicted molar refractivity (Wildman–Crippen MR) is 92.1 cm³/mol. The van der Waals surface area contributed by atoms with Gasteiger partial charge in [-0.05, 0) is 32.4 Å². The highest BCUT2D eigenvalue weighted by atomic mass is 35.5. The molecule has 148 valence electrons. The Bertz CT molecular complexity index is 857. The first-order valence-corrected chi connectivity index (χ1v) is 8.47. The fourth-order valence-electron chi connectivity index (χ4n) is 2.64. The molecule has 1 amide bonds. The normalized spacial score (nSPS) is 25.7. The van der Waals surface area contributed by atoms with Gasteiger partial charge in [0.2, 0.25) is 5.28 Å². The maximum Gasteiger partial charge on any atom is 0.413 e.